The van der Waals surface area contributed by atoms with E-state index in [0.717, 1.165) is 31.5 Å². The summed E-state index contributed by atoms with van der Waals surface area (Å²) in [6.07, 6.45) is 1.79. The Morgan fingerprint density at radius 3 is 2.48 bits per heavy atom. The van der Waals surface area contributed by atoms with Crippen molar-refractivity contribution in [3.05, 3.63) is 78.5 Å². The van der Waals surface area contributed by atoms with Gasteiger partial charge >= 0.3 is 5.97 Å². The van der Waals surface area contributed by atoms with E-state index in [9.17, 15) is 18.7 Å². The van der Waals surface area contributed by atoms with Gasteiger partial charge in [0, 0.05) is 34.3 Å². The van der Waals surface area contributed by atoms with Crippen molar-refractivity contribution in [3.8, 4) is 0 Å². The van der Waals surface area contributed by atoms with Crippen LogP contribution in [0.5, 0.6) is 0 Å². The minimum atomic E-state index is -2.55. The molecular weight excluding hydrogens is 416 g/mol. The highest BCUT2D eigenvalue weighted by Crippen LogP contribution is 2.33. The van der Waals surface area contributed by atoms with Crippen LogP contribution in [0.2, 0.25) is 0 Å². The molecule has 0 fully saturated rings. The first-order chi connectivity index (χ1) is 15.0. The molecule has 0 amide bonds. The van der Waals surface area contributed by atoms with Crippen LogP contribution < -0.4 is 4.31 Å². The Morgan fingerprint density at radius 1 is 1.00 bits per heavy atom. The molecule has 0 aliphatic heterocycles. The monoisotopic (exact) mass is 434 g/mol. The van der Waals surface area contributed by atoms with Crippen molar-refractivity contribution in [2.45, 2.75) is 12.5 Å². The number of hydrogen-bond donors (Lipinski definition) is 3. The molecule has 0 radical (unpaired) electrons. The minimum Gasteiger partial charge on any atom is -0.480 e. The van der Waals surface area contributed by atoms with Crippen LogP contribution in [-0.2, 0) is 22.5 Å². The van der Waals surface area contributed by atoms with E-state index in [-0.39, 0.29) is 6.42 Å². The summed E-state index contributed by atoms with van der Waals surface area (Å²) in [4.78, 5) is 15.3. The van der Waals surface area contributed by atoms with E-state index in [4.69, 9.17) is 4.42 Å². The van der Waals surface area contributed by atoms with Crippen LogP contribution in [0.1, 0.15) is 5.56 Å². The fourth-order valence-corrected chi connectivity index (χ4v) is 4.69. The number of fused-ring (bicyclic) bond motifs is 4. The molecule has 2 unspecified atom stereocenters. The number of furan rings is 1. The van der Waals surface area contributed by atoms with Gasteiger partial charge in [-0.2, -0.15) is 0 Å². The summed E-state index contributed by atoms with van der Waals surface area (Å²) in [5.41, 5.74) is 3.28. The van der Waals surface area contributed by atoms with Crippen LogP contribution >= 0.6 is 0 Å². The van der Waals surface area contributed by atoms with Gasteiger partial charge in [-0.3, -0.25) is 8.86 Å². The van der Waals surface area contributed by atoms with Crippen molar-refractivity contribution in [1.82, 2.24) is 4.98 Å². The molecule has 0 aliphatic carbocycles. The molecule has 7 nitrogen and oxygen atoms in total. The summed E-state index contributed by atoms with van der Waals surface area (Å²) in [5.74, 6) is -1.19. The number of nitrogens with zero attached hydrogens (tertiary/aromatic N) is 1. The summed E-state index contributed by atoms with van der Waals surface area (Å²) >= 11 is -2.55. The first-order valence-electron chi connectivity index (χ1n) is 9.62. The van der Waals surface area contributed by atoms with E-state index in [1.807, 2.05) is 48.5 Å². The maximum atomic E-state index is 12.3. The summed E-state index contributed by atoms with van der Waals surface area (Å²) in [6.45, 7) is 0. The van der Waals surface area contributed by atoms with Gasteiger partial charge in [0.1, 0.15) is 17.2 Å². The normalized spacial score (nSPS) is 13.6. The number of para-hydroxylation sites is 2. The van der Waals surface area contributed by atoms with Gasteiger partial charge in [-0.05, 0) is 35.9 Å². The lowest BCUT2D eigenvalue weighted by atomic mass is 10.0. The van der Waals surface area contributed by atoms with E-state index in [1.165, 1.54) is 0 Å². The number of anilines is 1. The quantitative estimate of drug-likeness (QED) is 0.336. The number of aromatic amines is 1. The lowest BCUT2D eigenvalue weighted by Gasteiger charge is -2.26. The summed E-state index contributed by atoms with van der Waals surface area (Å²) < 4.78 is 29.2. The highest BCUT2D eigenvalue weighted by Gasteiger charge is 2.31. The molecule has 3 aromatic carbocycles. The number of aromatic nitrogens is 1. The van der Waals surface area contributed by atoms with Crippen molar-refractivity contribution in [2.24, 2.45) is 0 Å². The van der Waals surface area contributed by atoms with Crippen LogP contribution in [-0.4, -0.2) is 30.9 Å². The molecule has 0 saturated heterocycles. The summed E-state index contributed by atoms with van der Waals surface area (Å²) in [6, 6.07) is 18.8. The molecule has 2 atom stereocenters. The van der Waals surface area contributed by atoms with Crippen molar-refractivity contribution < 1.29 is 23.1 Å². The van der Waals surface area contributed by atoms with Gasteiger partial charge in [0.05, 0.1) is 5.69 Å². The maximum Gasteiger partial charge on any atom is 0.327 e. The second kappa shape index (κ2) is 7.57. The molecule has 0 bridgehead atoms. The molecule has 5 aromatic rings. The lowest BCUT2D eigenvalue weighted by Crippen LogP contribution is -2.43. The summed E-state index contributed by atoms with van der Waals surface area (Å²) in [7, 11) is 0. The van der Waals surface area contributed by atoms with E-state index >= 15 is 0 Å². The molecular formula is C23H18N2O5S. The third-order valence-electron chi connectivity index (χ3n) is 5.44. The van der Waals surface area contributed by atoms with Crippen LogP contribution in [0.3, 0.4) is 0 Å². The van der Waals surface area contributed by atoms with Gasteiger partial charge in [0.25, 0.3) is 11.3 Å². The predicted molar refractivity (Wildman–Crippen MR) is 120 cm³/mol. The number of benzene rings is 3. The number of hydrogen-bond acceptors (Lipinski definition) is 3. The van der Waals surface area contributed by atoms with E-state index in [0.29, 0.717) is 16.9 Å². The maximum absolute atomic E-state index is 12.3. The van der Waals surface area contributed by atoms with Crippen molar-refractivity contribution in [2.75, 3.05) is 4.31 Å². The van der Waals surface area contributed by atoms with E-state index < -0.39 is 23.3 Å². The standard InChI is InChI=1S/C23H18N2O5S/c26-23(27)20(11-14-13-24-19-7-3-1-5-16(14)19)25(31(28)29)15-9-10-22-18(12-15)17-6-2-4-8-21(17)30-22/h1-10,12-13,20,24H,11H2,(H,26,27)(H,28,29). The molecule has 0 spiro atoms. The number of aliphatic carboxylic acids is 1. The molecule has 0 saturated carbocycles. The average Bonchev–Trinajstić information content (AvgIpc) is 3.34. The van der Waals surface area contributed by atoms with Gasteiger partial charge in [-0.1, -0.05) is 36.4 Å². The molecule has 8 heteroatoms. The first-order valence-corrected chi connectivity index (χ1v) is 10.7. The largest absolute Gasteiger partial charge is 0.480 e. The first kappa shape index (κ1) is 19.3. The molecule has 156 valence electrons. The van der Waals surface area contributed by atoms with Crippen LogP contribution in [0.15, 0.2) is 77.3 Å². The minimum absolute atomic E-state index is 0.0514. The van der Waals surface area contributed by atoms with Crippen LogP contribution in [0.4, 0.5) is 5.69 Å². The fourth-order valence-electron chi connectivity index (χ4n) is 4.01. The molecule has 2 heterocycles. The average molecular weight is 434 g/mol. The fraction of sp³-hybridized carbons (Fsp3) is 0.0870. The predicted octanol–water partition coefficient (Wildman–Crippen LogP) is 4.71. The zero-order valence-electron chi connectivity index (χ0n) is 16.2. The van der Waals surface area contributed by atoms with Crippen molar-refractivity contribution >= 4 is 55.8 Å². The Labute approximate surface area is 179 Å². The second-order valence-corrected chi connectivity index (χ2v) is 8.11. The molecule has 3 N–H and O–H groups in total. The smallest absolute Gasteiger partial charge is 0.327 e. The topological polar surface area (TPSA) is 107 Å². The number of nitrogens with one attached hydrogen (secondary N) is 1. The van der Waals surface area contributed by atoms with Gasteiger partial charge < -0.3 is 14.5 Å². The Bertz CT molecular complexity index is 1450. The van der Waals surface area contributed by atoms with E-state index in [1.54, 1.807) is 24.4 Å². The van der Waals surface area contributed by atoms with Gasteiger partial charge in [-0.25, -0.2) is 9.00 Å². The highest BCUT2D eigenvalue weighted by molar-refractivity contribution is 7.80. The highest BCUT2D eigenvalue weighted by atomic mass is 32.2. The molecule has 0 aliphatic rings. The van der Waals surface area contributed by atoms with Crippen LogP contribution in [0.25, 0.3) is 32.8 Å². The van der Waals surface area contributed by atoms with Crippen LogP contribution in [0, 0.1) is 0 Å². The number of carboxylic acids is 1. The molecule has 31 heavy (non-hydrogen) atoms. The summed E-state index contributed by atoms with van der Waals surface area (Å²) in [5, 5.41) is 12.4. The molecule has 5 rings (SSSR count). The SMILES string of the molecule is O=C(O)C(Cc1c[nH]c2ccccc12)N(c1ccc2oc3ccccc3c2c1)S(=O)O. The van der Waals surface area contributed by atoms with Gasteiger partial charge in [0.2, 0.25) is 0 Å². The van der Waals surface area contributed by atoms with Crippen molar-refractivity contribution in [3.63, 3.8) is 0 Å². The number of H-pyrrole nitrogens is 1. The second-order valence-electron chi connectivity index (χ2n) is 7.25. The number of carbonyl (C=O) groups is 1. The Hall–Kier alpha value is -3.62. The third-order valence-corrected chi connectivity index (χ3v) is 6.24. The van der Waals surface area contributed by atoms with Gasteiger partial charge in [0.15, 0.2) is 0 Å². The zero-order valence-corrected chi connectivity index (χ0v) is 17.0. The number of carboxylic acid groups (broad SMARTS) is 1. The molecule has 2 aromatic heterocycles. The Morgan fingerprint density at radius 2 is 1.71 bits per heavy atom. The van der Waals surface area contributed by atoms with Gasteiger partial charge in [-0.15, -0.1) is 0 Å². The Balaban J connectivity index is 1.60. The number of rotatable bonds is 6. The Kier molecular flexibility index (Phi) is 4.72. The van der Waals surface area contributed by atoms with E-state index in [2.05, 4.69) is 4.98 Å². The lowest BCUT2D eigenvalue weighted by molar-refractivity contribution is -0.138. The third kappa shape index (κ3) is 3.35. The van der Waals surface area contributed by atoms with Crippen molar-refractivity contribution in [1.29, 1.82) is 0 Å². The zero-order chi connectivity index (χ0) is 21.5.